The second-order valence-corrected chi connectivity index (χ2v) is 4.11. The van der Waals surface area contributed by atoms with E-state index < -0.39 is 12.0 Å². The highest BCUT2D eigenvalue weighted by Gasteiger charge is 2.31. The second kappa shape index (κ2) is 3.73. The van der Waals surface area contributed by atoms with Crippen LogP contribution in [-0.2, 0) is 4.79 Å². The van der Waals surface area contributed by atoms with Crippen LogP contribution in [0.15, 0.2) is 24.5 Å². The van der Waals surface area contributed by atoms with E-state index in [0.29, 0.717) is 12.2 Å². The molecule has 3 rings (SSSR count). The molecule has 0 bridgehead atoms. The Balaban J connectivity index is 1.99. The summed E-state index contributed by atoms with van der Waals surface area (Å²) in [5.41, 5.74) is 0.735. The summed E-state index contributed by atoms with van der Waals surface area (Å²) in [7, 11) is 0. The van der Waals surface area contributed by atoms with Gasteiger partial charge in [0.15, 0.2) is 5.65 Å². The number of nitrogens with zero attached hydrogens (tertiary/aromatic N) is 4. The fourth-order valence-electron chi connectivity index (χ4n) is 2.26. The lowest BCUT2D eigenvalue weighted by Gasteiger charge is -2.22. The van der Waals surface area contributed by atoms with Gasteiger partial charge in [-0.3, -0.25) is 0 Å². The summed E-state index contributed by atoms with van der Waals surface area (Å²) in [6, 6.07) is 3.16. The minimum Gasteiger partial charge on any atom is -0.480 e. The van der Waals surface area contributed by atoms with E-state index in [0.717, 1.165) is 18.6 Å². The highest BCUT2D eigenvalue weighted by Crippen LogP contribution is 2.24. The predicted molar refractivity (Wildman–Crippen MR) is 61.0 cm³/mol. The number of hydrogen-bond donors (Lipinski definition) is 1. The van der Waals surface area contributed by atoms with Crippen molar-refractivity contribution in [3.8, 4) is 0 Å². The molecular weight excluding hydrogens is 220 g/mol. The maximum Gasteiger partial charge on any atom is 0.326 e. The van der Waals surface area contributed by atoms with Crippen LogP contribution < -0.4 is 4.90 Å². The summed E-state index contributed by atoms with van der Waals surface area (Å²) in [5.74, 6) is -0.0689. The number of rotatable bonds is 2. The van der Waals surface area contributed by atoms with Gasteiger partial charge in [0.05, 0.1) is 6.20 Å². The molecule has 1 N–H and O–H groups in total. The van der Waals surface area contributed by atoms with E-state index >= 15 is 0 Å². The Morgan fingerprint density at radius 1 is 1.47 bits per heavy atom. The topological polar surface area (TPSA) is 70.7 Å². The molecule has 1 fully saturated rings. The lowest BCUT2D eigenvalue weighted by atomic mass is 10.2. The van der Waals surface area contributed by atoms with E-state index in [4.69, 9.17) is 5.11 Å². The van der Waals surface area contributed by atoms with E-state index in [1.165, 1.54) is 0 Å². The maximum atomic E-state index is 11.1. The molecule has 2 aromatic rings. The van der Waals surface area contributed by atoms with Gasteiger partial charge in [-0.05, 0) is 18.9 Å². The summed E-state index contributed by atoms with van der Waals surface area (Å²) < 4.78 is 1.66. The third-order valence-electron chi connectivity index (χ3n) is 3.08. The molecule has 1 unspecified atom stereocenters. The zero-order valence-corrected chi connectivity index (χ0v) is 9.15. The number of fused-ring (bicyclic) bond motifs is 1. The molecule has 1 aliphatic rings. The van der Waals surface area contributed by atoms with Crippen LogP contribution in [0.5, 0.6) is 0 Å². The second-order valence-electron chi connectivity index (χ2n) is 4.11. The van der Waals surface area contributed by atoms with Crippen molar-refractivity contribution in [2.24, 2.45) is 0 Å². The molecule has 0 aromatic carbocycles. The van der Waals surface area contributed by atoms with Gasteiger partial charge in [-0.15, -0.1) is 0 Å². The highest BCUT2D eigenvalue weighted by atomic mass is 16.4. The first-order valence-electron chi connectivity index (χ1n) is 5.55. The SMILES string of the molecule is O=C(O)C1CCCN1c1ccn2nccc2n1. The molecule has 1 saturated heterocycles. The van der Waals surface area contributed by atoms with Crippen molar-refractivity contribution in [3.63, 3.8) is 0 Å². The zero-order chi connectivity index (χ0) is 11.8. The number of aliphatic carboxylic acids is 1. The molecular formula is C11H12N4O2. The Hall–Kier alpha value is -2.11. The Morgan fingerprint density at radius 3 is 3.18 bits per heavy atom. The summed E-state index contributed by atoms with van der Waals surface area (Å²) >= 11 is 0. The van der Waals surface area contributed by atoms with Crippen LogP contribution in [0.25, 0.3) is 5.65 Å². The van der Waals surface area contributed by atoms with E-state index in [2.05, 4.69) is 10.1 Å². The number of anilines is 1. The van der Waals surface area contributed by atoms with Gasteiger partial charge in [-0.25, -0.2) is 14.3 Å². The number of carboxylic acids is 1. The summed E-state index contributed by atoms with van der Waals surface area (Å²) in [6.45, 7) is 0.744. The van der Waals surface area contributed by atoms with Crippen molar-refractivity contribution < 1.29 is 9.90 Å². The van der Waals surface area contributed by atoms with Gasteiger partial charge in [-0.2, -0.15) is 5.10 Å². The summed E-state index contributed by atoms with van der Waals surface area (Å²) in [4.78, 5) is 17.4. The van der Waals surface area contributed by atoms with E-state index in [-0.39, 0.29) is 0 Å². The normalized spacial score (nSPS) is 20.0. The summed E-state index contributed by atoms with van der Waals surface area (Å²) in [6.07, 6.45) is 5.05. The molecule has 0 aliphatic carbocycles. The van der Waals surface area contributed by atoms with Crippen molar-refractivity contribution in [1.29, 1.82) is 0 Å². The maximum absolute atomic E-state index is 11.1. The van der Waals surface area contributed by atoms with Gasteiger partial charge in [0.2, 0.25) is 0 Å². The summed E-state index contributed by atoms with van der Waals surface area (Å²) in [5, 5.41) is 13.2. The van der Waals surface area contributed by atoms with Crippen LogP contribution in [0.4, 0.5) is 5.82 Å². The fourth-order valence-corrected chi connectivity index (χ4v) is 2.26. The highest BCUT2D eigenvalue weighted by molar-refractivity contribution is 5.78. The monoisotopic (exact) mass is 232 g/mol. The first-order chi connectivity index (χ1) is 8.25. The van der Waals surface area contributed by atoms with Crippen molar-refractivity contribution in [1.82, 2.24) is 14.6 Å². The average molecular weight is 232 g/mol. The van der Waals surface area contributed by atoms with Crippen molar-refractivity contribution in [3.05, 3.63) is 24.5 Å². The predicted octanol–water partition coefficient (Wildman–Crippen LogP) is 0.783. The molecule has 0 spiro atoms. The third kappa shape index (κ3) is 1.61. The lowest BCUT2D eigenvalue weighted by Crippen LogP contribution is -2.36. The molecule has 6 heteroatoms. The van der Waals surface area contributed by atoms with Crippen molar-refractivity contribution >= 4 is 17.4 Å². The Kier molecular flexibility index (Phi) is 2.21. The molecule has 0 saturated carbocycles. The minimum atomic E-state index is -0.780. The van der Waals surface area contributed by atoms with Gasteiger partial charge in [0.1, 0.15) is 11.9 Å². The minimum absolute atomic E-state index is 0.451. The van der Waals surface area contributed by atoms with Gasteiger partial charge in [-0.1, -0.05) is 0 Å². The Bertz CT molecular complexity index is 565. The smallest absolute Gasteiger partial charge is 0.326 e. The van der Waals surface area contributed by atoms with Crippen molar-refractivity contribution in [2.75, 3.05) is 11.4 Å². The van der Waals surface area contributed by atoms with Crippen LogP contribution in [-0.4, -0.2) is 38.3 Å². The molecule has 0 amide bonds. The van der Waals surface area contributed by atoms with Crippen LogP contribution in [0, 0.1) is 0 Å². The molecule has 1 aliphatic heterocycles. The van der Waals surface area contributed by atoms with Gasteiger partial charge in [0.25, 0.3) is 0 Å². The standard InChI is InChI=1S/C11H12N4O2/c16-11(17)8-2-1-6-14(8)9-4-7-15-10(13-9)3-5-12-15/h3-5,7-8H,1-2,6H2,(H,16,17). The van der Waals surface area contributed by atoms with Crippen LogP contribution in [0.3, 0.4) is 0 Å². The van der Waals surface area contributed by atoms with Crippen LogP contribution in [0.1, 0.15) is 12.8 Å². The lowest BCUT2D eigenvalue weighted by molar-refractivity contribution is -0.138. The molecule has 17 heavy (non-hydrogen) atoms. The molecule has 1 atom stereocenters. The van der Waals surface area contributed by atoms with E-state index in [1.54, 1.807) is 29.0 Å². The Labute approximate surface area is 97.5 Å². The van der Waals surface area contributed by atoms with Crippen LogP contribution in [0.2, 0.25) is 0 Å². The van der Waals surface area contributed by atoms with E-state index in [1.807, 2.05) is 4.90 Å². The van der Waals surface area contributed by atoms with Gasteiger partial charge < -0.3 is 10.0 Å². The number of carboxylic acid groups (broad SMARTS) is 1. The number of hydrogen-bond acceptors (Lipinski definition) is 4. The van der Waals surface area contributed by atoms with E-state index in [9.17, 15) is 4.79 Å². The molecule has 2 aromatic heterocycles. The first-order valence-corrected chi connectivity index (χ1v) is 5.55. The first kappa shape index (κ1) is 10.1. The quantitative estimate of drug-likeness (QED) is 0.828. The van der Waals surface area contributed by atoms with Gasteiger partial charge >= 0.3 is 5.97 Å². The average Bonchev–Trinajstić information content (AvgIpc) is 2.96. The molecule has 88 valence electrons. The third-order valence-corrected chi connectivity index (χ3v) is 3.08. The number of aromatic nitrogens is 3. The van der Waals surface area contributed by atoms with Crippen LogP contribution >= 0.6 is 0 Å². The zero-order valence-electron chi connectivity index (χ0n) is 9.15. The van der Waals surface area contributed by atoms with Crippen molar-refractivity contribution in [2.45, 2.75) is 18.9 Å². The largest absolute Gasteiger partial charge is 0.480 e. The molecule has 6 nitrogen and oxygen atoms in total. The van der Waals surface area contributed by atoms with Gasteiger partial charge in [0, 0.05) is 18.8 Å². The molecule has 0 radical (unpaired) electrons. The fraction of sp³-hybridized carbons (Fsp3) is 0.364. The molecule has 3 heterocycles. The Morgan fingerprint density at radius 2 is 2.35 bits per heavy atom. The number of carbonyl (C=O) groups is 1.